The fraction of sp³-hybridized carbons (Fsp3) is 0.600. The largest absolute Gasteiger partial charge is 0.374 e. The van der Waals surface area contributed by atoms with Crippen LogP contribution >= 0.6 is 0 Å². The number of anilines is 1. The van der Waals surface area contributed by atoms with Gasteiger partial charge in [-0.15, -0.1) is 0 Å². The highest BCUT2D eigenvalue weighted by atomic mass is 15.1. The summed E-state index contributed by atoms with van der Waals surface area (Å²) >= 11 is 0. The quantitative estimate of drug-likeness (QED) is 0.819. The maximum absolute atomic E-state index is 5.99. The zero-order valence-corrected chi connectivity index (χ0v) is 11.7. The van der Waals surface area contributed by atoms with Crippen molar-refractivity contribution in [3.8, 4) is 0 Å². The standard InChI is InChI=1S/C15H26N2/c1-5-9-17(4)15-8-7-13(10-12(15)3)11-14(16)6-2/h7-8,10,14H,5-6,9,11,16H2,1-4H3. The fourth-order valence-corrected chi connectivity index (χ4v) is 2.18. The van der Waals surface area contributed by atoms with Gasteiger partial charge in [-0.2, -0.15) is 0 Å². The maximum atomic E-state index is 5.99. The Balaban J connectivity index is 2.78. The smallest absolute Gasteiger partial charge is 0.0393 e. The van der Waals surface area contributed by atoms with Gasteiger partial charge in [0.2, 0.25) is 0 Å². The fourth-order valence-electron chi connectivity index (χ4n) is 2.18. The number of nitrogens with two attached hydrogens (primary N) is 1. The minimum Gasteiger partial charge on any atom is -0.374 e. The summed E-state index contributed by atoms with van der Waals surface area (Å²) in [6.45, 7) is 7.64. The molecule has 0 saturated heterocycles. The Morgan fingerprint density at radius 1 is 1.29 bits per heavy atom. The van der Waals surface area contributed by atoms with Gasteiger partial charge in [0.25, 0.3) is 0 Å². The minimum atomic E-state index is 0.286. The first-order valence-electron chi connectivity index (χ1n) is 6.64. The first-order valence-corrected chi connectivity index (χ1v) is 6.64. The van der Waals surface area contributed by atoms with Gasteiger partial charge in [0.15, 0.2) is 0 Å². The Hall–Kier alpha value is -1.02. The van der Waals surface area contributed by atoms with Crippen LogP contribution in [0, 0.1) is 6.92 Å². The van der Waals surface area contributed by atoms with E-state index in [0.29, 0.717) is 0 Å². The Morgan fingerprint density at radius 3 is 2.53 bits per heavy atom. The predicted octanol–water partition coefficient (Wildman–Crippen LogP) is 3.12. The van der Waals surface area contributed by atoms with Crippen molar-refractivity contribution < 1.29 is 0 Å². The lowest BCUT2D eigenvalue weighted by Crippen LogP contribution is -2.22. The van der Waals surface area contributed by atoms with Crippen LogP contribution in [-0.2, 0) is 6.42 Å². The normalized spacial score (nSPS) is 12.5. The molecule has 2 nitrogen and oxygen atoms in total. The Labute approximate surface area is 106 Å². The van der Waals surface area contributed by atoms with Gasteiger partial charge in [-0.05, 0) is 43.4 Å². The van der Waals surface area contributed by atoms with Gasteiger partial charge in [0.05, 0.1) is 0 Å². The number of aryl methyl sites for hydroxylation is 1. The zero-order chi connectivity index (χ0) is 12.8. The molecule has 2 heteroatoms. The van der Waals surface area contributed by atoms with E-state index in [1.165, 1.54) is 23.2 Å². The van der Waals surface area contributed by atoms with E-state index in [1.807, 2.05) is 0 Å². The maximum Gasteiger partial charge on any atom is 0.0393 e. The van der Waals surface area contributed by atoms with Crippen molar-refractivity contribution in [1.82, 2.24) is 0 Å². The van der Waals surface area contributed by atoms with Crippen molar-refractivity contribution >= 4 is 5.69 Å². The molecule has 1 aromatic carbocycles. The van der Waals surface area contributed by atoms with Gasteiger partial charge in [0.1, 0.15) is 0 Å². The topological polar surface area (TPSA) is 29.3 Å². The van der Waals surface area contributed by atoms with Gasteiger partial charge in [-0.3, -0.25) is 0 Å². The zero-order valence-electron chi connectivity index (χ0n) is 11.7. The van der Waals surface area contributed by atoms with E-state index in [0.717, 1.165) is 19.4 Å². The van der Waals surface area contributed by atoms with Crippen LogP contribution in [0.5, 0.6) is 0 Å². The molecule has 0 aliphatic rings. The van der Waals surface area contributed by atoms with Crippen molar-refractivity contribution in [2.24, 2.45) is 5.73 Å². The van der Waals surface area contributed by atoms with Crippen molar-refractivity contribution in [3.05, 3.63) is 29.3 Å². The second kappa shape index (κ2) is 6.65. The molecule has 0 radical (unpaired) electrons. The predicted molar refractivity (Wildman–Crippen MR) is 76.7 cm³/mol. The van der Waals surface area contributed by atoms with Gasteiger partial charge in [-0.1, -0.05) is 26.0 Å². The average Bonchev–Trinajstić information content (AvgIpc) is 2.29. The minimum absolute atomic E-state index is 0.286. The van der Waals surface area contributed by atoms with E-state index in [4.69, 9.17) is 5.73 Å². The van der Waals surface area contributed by atoms with E-state index < -0.39 is 0 Å². The molecule has 1 unspecified atom stereocenters. The van der Waals surface area contributed by atoms with Crippen LogP contribution in [0.3, 0.4) is 0 Å². The second-order valence-corrected chi connectivity index (χ2v) is 4.91. The average molecular weight is 234 g/mol. The highest BCUT2D eigenvalue weighted by Crippen LogP contribution is 2.21. The lowest BCUT2D eigenvalue weighted by Gasteiger charge is -2.21. The van der Waals surface area contributed by atoms with Gasteiger partial charge < -0.3 is 10.6 Å². The SMILES string of the molecule is CCCN(C)c1ccc(CC(N)CC)cc1C. The lowest BCUT2D eigenvalue weighted by molar-refractivity contribution is 0.646. The third-order valence-corrected chi connectivity index (χ3v) is 3.25. The first kappa shape index (κ1) is 14.0. The molecule has 96 valence electrons. The summed E-state index contributed by atoms with van der Waals surface area (Å²) in [6.07, 6.45) is 3.20. The van der Waals surface area contributed by atoms with Crippen LogP contribution in [-0.4, -0.2) is 19.6 Å². The summed E-state index contributed by atoms with van der Waals surface area (Å²) in [5.41, 5.74) is 10.0. The Kier molecular flexibility index (Phi) is 5.49. The number of hydrogen-bond acceptors (Lipinski definition) is 2. The molecule has 0 bridgehead atoms. The molecule has 0 aromatic heterocycles. The molecule has 0 spiro atoms. The number of rotatable bonds is 6. The van der Waals surface area contributed by atoms with Crippen molar-refractivity contribution in [2.75, 3.05) is 18.5 Å². The third kappa shape index (κ3) is 4.04. The molecule has 0 aliphatic carbocycles. The molecule has 0 fully saturated rings. The van der Waals surface area contributed by atoms with Crippen LogP contribution in [0.15, 0.2) is 18.2 Å². The molecule has 0 saturated carbocycles. The van der Waals surface area contributed by atoms with Crippen LogP contribution in [0.1, 0.15) is 37.8 Å². The summed E-state index contributed by atoms with van der Waals surface area (Å²) in [7, 11) is 2.16. The Morgan fingerprint density at radius 2 is 2.00 bits per heavy atom. The van der Waals surface area contributed by atoms with E-state index in [1.54, 1.807) is 0 Å². The molecule has 17 heavy (non-hydrogen) atoms. The van der Waals surface area contributed by atoms with E-state index >= 15 is 0 Å². The molecular formula is C15H26N2. The third-order valence-electron chi connectivity index (χ3n) is 3.25. The number of hydrogen-bond donors (Lipinski definition) is 1. The van der Waals surface area contributed by atoms with Gasteiger partial charge in [0, 0.05) is 25.3 Å². The lowest BCUT2D eigenvalue weighted by atomic mass is 10.0. The highest BCUT2D eigenvalue weighted by Gasteiger charge is 2.06. The number of nitrogens with zero attached hydrogens (tertiary/aromatic N) is 1. The summed E-state index contributed by atoms with van der Waals surface area (Å²) in [4.78, 5) is 2.32. The van der Waals surface area contributed by atoms with Crippen molar-refractivity contribution in [2.45, 2.75) is 46.1 Å². The van der Waals surface area contributed by atoms with Crippen LogP contribution in [0.25, 0.3) is 0 Å². The first-order chi connectivity index (χ1) is 8.08. The van der Waals surface area contributed by atoms with Crippen molar-refractivity contribution in [3.63, 3.8) is 0 Å². The molecule has 0 heterocycles. The van der Waals surface area contributed by atoms with Crippen LogP contribution < -0.4 is 10.6 Å². The Bertz CT molecular complexity index is 347. The number of benzene rings is 1. The van der Waals surface area contributed by atoms with E-state index in [-0.39, 0.29) is 6.04 Å². The molecule has 1 aromatic rings. The molecular weight excluding hydrogens is 208 g/mol. The van der Waals surface area contributed by atoms with Crippen LogP contribution in [0.2, 0.25) is 0 Å². The van der Waals surface area contributed by atoms with E-state index in [9.17, 15) is 0 Å². The van der Waals surface area contributed by atoms with Crippen molar-refractivity contribution in [1.29, 1.82) is 0 Å². The summed E-state index contributed by atoms with van der Waals surface area (Å²) in [5, 5.41) is 0. The molecule has 2 N–H and O–H groups in total. The molecule has 0 aliphatic heterocycles. The molecule has 1 rings (SSSR count). The monoisotopic (exact) mass is 234 g/mol. The van der Waals surface area contributed by atoms with E-state index in [2.05, 4.69) is 50.9 Å². The second-order valence-electron chi connectivity index (χ2n) is 4.91. The summed E-state index contributed by atoms with van der Waals surface area (Å²) in [5.74, 6) is 0. The molecule has 0 amide bonds. The van der Waals surface area contributed by atoms with Gasteiger partial charge in [-0.25, -0.2) is 0 Å². The summed E-state index contributed by atoms with van der Waals surface area (Å²) < 4.78 is 0. The summed E-state index contributed by atoms with van der Waals surface area (Å²) in [6, 6.07) is 7.00. The molecule has 1 atom stereocenters. The van der Waals surface area contributed by atoms with Gasteiger partial charge >= 0.3 is 0 Å². The highest BCUT2D eigenvalue weighted by molar-refractivity contribution is 5.53. The van der Waals surface area contributed by atoms with Crippen LogP contribution in [0.4, 0.5) is 5.69 Å².